The lowest BCUT2D eigenvalue weighted by Crippen LogP contribution is -2.13. The molecule has 290 valence electrons. The molecule has 1 amide bonds. The highest BCUT2D eigenvalue weighted by Crippen LogP contribution is 2.41. The molecule has 4 N–H and O–H groups in total. The van der Waals surface area contributed by atoms with Gasteiger partial charge >= 0.3 is 18.3 Å². The van der Waals surface area contributed by atoms with Crippen LogP contribution < -0.4 is 15.8 Å². The van der Waals surface area contributed by atoms with E-state index in [-0.39, 0.29) is 17.0 Å². The summed E-state index contributed by atoms with van der Waals surface area (Å²) < 4.78 is 94.6. The van der Waals surface area contributed by atoms with Crippen molar-refractivity contribution in [1.29, 1.82) is 0 Å². The van der Waals surface area contributed by atoms with Crippen molar-refractivity contribution in [2.24, 2.45) is 0 Å². The van der Waals surface area contributed by atoms with Crippen LogP contribution in [0.1, 0.15) is 37.4 Å². The van der Waals surface area contributed by atoms with Gasteiger partial charge in [0.1, 0.15) is 5.75 Å². The van der Waals surface area contributed by atoms with Crippen LogP contribution in [0.4, 0.5) is 42.1 Å². The first-order valence-electron chi connectivity index (χ1n) is 16.0. The van der Waals surface area contributed by atoms with E-state index in [0.717, 1.165) is 34.7 Å². The molecule has 0 bridgehead atoms. The number of alkyl halides is 6. The number of benzene rings is 4. The first kappa shape index (κ1) is 42.3. The number of carboxylic acid groups (broad SMARTS) is 1. The van der Waals surface area contributed by atoms with Crippen LogP contribution in [0.5, 0.6) is 5.75 Å². The molecule has 0 aliphatic carbocycles. The van der Waals surface area contributed by atoms with Gasteiger partial charge in [0, 0.05) is 46.1 Å². The maximum Gasteiger partial charge on any atom is 0.417 e. The summed E-state index contributed by atoms with van der Waals surface area (Å²) in [6.45, 7) is 1.86. The number of ether oxygens (including phenoxy) is 1. The number of rotatable bonds is 6. The van der Waals surface area contributed by atoms with E-state index in [4.69, 9.17) is 27.2 Å². The van der Waals surface area contributed by atoms with Gasteiger partial charge in [-0.05, 0) is 102 Å². The second kappa shape index (κ2) is 18.2. The quantitative estimate of drug-likeness (QED) is 0.113. The van der Waals surface area contributed by atoms with Crippen LogP contribution in [-0.4, -0.2) is 34.1 Å². The fraction of sp³-hybridized carbons (Fsp3) is 0.100. The molecule has 6 rings (SSSR count). The molecule has 2 aromatic heterocycles. The molecule has 56 heavy (non-hydrogen) atoms. The molecule has 0 spiro atoms. The number of methoxy groups -OCH3 is 1. The number of hydrogen-bond donors (Lipinski definition) is 3. The average molecular weight is 799 g/mol. The third kappa shape index (κ3) is 11.3. The number of carbonyl (C=O) groups is 2. The minimum Gasteiger partial charge on any atom is -0.496 e. The topological polar surface area (TPSA) is 127 Å². The molecule has 0 saturated carbocycles. The lowest BCUT2D eigenvalue weighted by molar-refractivity contribution is -0.141. The number of nitrogens with one attached hydrogen (secondary N) is 1. The molecule has 0 aliphatic rings. The Morgan fingerprint density at radius 2 is 1.34 bits per heavy atom. The molecular weight excluding hydrogens is 769 g/mol. The van der Waals surface area contributed by atoms with Crippen molar-refractivity contribution in [2.75, 3.05) is 18.2 Å². The van der Waals surface area contributed by atoms with Crippen LogP contribution in [0.3, 0.4) is 0 Å². The number of hydrogen-bond acceptors (Lipinski definition) is 6. The molecule has 4 aromatic carbocycles. The van der Waals surface area contributed by atoms with Crippen molar-refractivity contribution in [3.05, 3.63) is 161 Å². The number of amides is 1. The third-order valence-corrected chi connectivity index (χ3v) is 7.99. The van der Waals surface area contributed by atoms with Gasteiger partial charge in [-0.25, -0.2) is 9.18 Å². The maximum absolute atomic E-state index is 12.9. The van der Waals surface area contributed by atoms with E-state index >= 15 is 0 Å². The Morgan fingerprint density at radius 1 is 0.750 bits per heavy atom. The van der Waals surface area contributed by atoms with Crippen molar-refractivity contribution in [3.8, 4) is 28.0 Å². The number of carboxylic acids is 1. The Hall–Kier alpha value is -6.48. The second-order valence-corrected chi connectivity index (χ2v) is 12.0. The molecule has 0 aliphatic heterocycles. The van der Waals surface area contributed by atoms with E-state index in [1.807, 2.05) is 43.3 Å². The molecule has 16 heteroatoms. The van der Waals surface area contributed by atoms with Crippen molar-refractivity contribution in [2.45, 2.75) is 19.3 Å². The molecule has 0 fully saturated rings. The van der Waals surface area contributed by atoms with Gasteiger partial charge in [-0.1, -0.05) is 35.9 Å². The fourth-order valence-electron chi connectivity index (χ4n) is 4.98. The highest BCUT2D eigenvalue weighted by atomic mass is 35.5. The summed E-state index contributed by atoms with van der Waals surface area (Å²) in [4.78, 5) is 29.9. The molecule has 0 unspecified atom stereocenters. The predicted molar refractivity (Wildman–Crippen MR) is 198 cm³/mol. The lowest BCUT2D eigenvalue weighted by Gasteiger charge is -2.16. The SMILES string of the molecule is COc1ccc(Cl)cc1-c1ccc(NC(=O)c2ccncc2C)cc1.Nc1ccc(-c2cc(C(F)(F)F)ccc2C(F)(F)F)cc1.O=C(O)c1ccncc1F. The molecule has 8 nitrogen and oxygen atoms in total. The molecule has 0 saturated heterocycles. The number of aryl methyl sites for hydroxylation is 1. The zero-order valence-electron chi connectivity index (χ0n) is 29.2. The van der Waals surface area contributed by atoms with Gasteiger partial charge in [-0.3, -0.25) is 14.8 Å². The summed E-state index contributed by atoms with van der Waals surface area (Å²) in [5, 5.41) is 11.8. The average Bonchev–Trinajstić information content (AvgIpc) is 3.15. The Labute approximate surface area is 320 Å². The zero-order valence-corrected chi connectivity index (χ0v) is 30.0. The lowest BCUT2D eigenvalue weighted by atomic mass is 9.96. The van der Waals surface area contributed by atoms with Gasteiger partial charge in [-0.15, -0.1) is 0 Å². The molecule has 6 aromatic rings. The Balaban J connectivity index is 0.000000203. The number of nitrogen functional groups attached to an aromatic ring is 1. The van der Waals surface area contributed by atoms with E-state index < -0.39 is 40.8 Å². The third-order valence-electron chi connectivity index (χ3n) is 7.76. The number of aromatic nitrogens is 2. The number of nitrogens with two attached hydrogens (primary N) is 1. The van der Waals surface area contributed by atoms with E-state index in [1.165, 1.54) is 30.5 Å². The predicted octanol–water partition coefficient (Wildman–Crippen LogP) is 10.9. The smallest absolute Gasteiger partial charge is 0.417 e. The van der Waals surface area contributed by atoms with E-state index in [2.05, 4.69) is 15.3 Å². The fourth-order valence-corrected chi connectivity index (χ4v) is 5.16. The van der Waals surface area contributed by atoms with Crippen LogP contribution in [0.25, 0.3) is 22.3 Å². The zero-order chi connectivity index (χ0) is 41.2. The van der Waals surface area contributed by atoms with Crippen molar-refractivity contribution in [1.82, 2.24) is 9.97 Å². The minimum atomic E-state index is -4.75. The molecule has 0 radical (unpaired) electrons. The number of nitrogens with zero attached hydrogens (tertiary/aromatic N) is 2. The number of carbonyl (C=O) groups excluding carboxylic acids is 1. The molecular formula is C40H30ClF7N4O4. The summed E-state index contributed by atoms with van der Waals surface area (Å²) in [5.74, 6) is -1.50. The maximum atomic E-state index is 12.9. The first-order chi connectivity index (χ1) is 26.4. The molecule has 0 atom stereocenters. The standard InChI is InChI=1S/C20H17ClN2O2.C14H9F6N.C6H4FNO2/c1-13-12-22-10-9-17(13)20(24)23-16-6-3-14(4-7-16)18-11-15(21)5-8-19(18)25-2;15-13(16,17)9-3-6-12(14(18,19)20)11(7-9)8-1-4-10(21)5-2-8;7-5-3-8-2-1-4(5)6(9)10/h3-12H,1-2H3,(H,23,24);1-7H,21H2;1-3H,(H,9,10). The first-order valence-corrected chi connectivity index (χ1v) is 16.4. The highest BCUT2D eigenvalue weighted by molar-refractivity contribution is 6.31. The normalized spacial score (nSPS) is 11.0. The summed E-state index contributed by atoms with van der Waals surface area (Å²) in [7, 11) is 1.62. The van der Waals surface area contributed by atoms with Crippen molar-refractivity contribution < 1.29 is 50.2 Å². The van der Waals surface area contributed by atoms with Gasteiger partial charge in [0.25, 0.3) is 5.91 Å². The van der Waals surface area contributed by atoms with Gasteiger partial charge in [0.05, 0.1) is 30.0 Å². The highest BCUT2D eigenvalue weighted by Gasteiger charge is 2.37. The monoisotopic (exact) mass is 798 g/mol. The second-order valence-electron chi connectivity index (χ2n) is 11.6. The van der Waals surface area contributed by atoms with E-state index in [9.17, 15) is 40.3 Å². The summed E-state index contributed by atoms with van der Waals surface area (Å²) in [6.07, 6.45) is -4.09. The van der Waals surface area contributed by atoms with Crippen LogP contribution in [0, 0.1) is 12.7 Å². The van der Waals surface area contributed by atoms with Gasteiger partial charge in [0.2, 0.25) is 0 Å². The summed E-state index contributed by atoms with van der Waals surface area (Å²) in [5.41, 5.74) is 6.61. The summed E-state index contributed by atoms with van der Waals surface area (Å²) in [6, 6.07) is 22.3. The van der Waals surface area contributed by atoms with Gasteiger partial charge in [0.15, 0.2) is 5.82 Å². The van der Waals surface area contributed by atoms with Crippen LogP contribution in [-0.2, 0) is 12.4 Å². The Bertz CT molecular complexity index is 2300. The molecule has 2 heterocycles. The van der Waals surface area contributed by atoms with E-state index in [0.29, 0.717) is 40.2 Å². The number of halogens is 8. The Kier molecular flexibility index (Phi) is 13.8. The van der Waals surface area contributed by atoms with Crippen LogP contribution in [0.15, 0.2) is 122 Å². The van der Waals surface area contributed by atoms with Gasteiger partial charge < -0.3 is 20.9 Å². The van der Waals surface area contributed by atoms with Gasteiger partial charge in [-0.2, -0.15) is 26.3 Å². The van der Waals surface area contributed by atoms with E-state index in [1.54, 1.807) is 31.6 Å². The number of aromatic carboxylic acids is 1. The van der Waals surface area contributed by atoms with Crippen molar-refractivity contribution in [3.63, 3.8) is 0 Å². The Morgan fingerprint density at radius 3 is 1.88 bits per heavy atom. The number of anilines is 2. The van der Waals surface area contributed by atoms with Crippen LogP contribution in [0.2, 0.25) is 5.02 Å². The largest absolute Gasteiger partial charge is 0.496 e. The minimum absolute atomic E-state index is 0.0163. The van der Waals surface area contributed by atoms with Crippen molar-refractivity contribution >= 4 is 34.9 Å². The number of pyridine rings is 2. The summed E-state index contributed by atoms with van der Waals surface area (Å²) >= 11 is 6.09. The van der Waals surface area contributed by atoms with Crippen LogP contribution >= 0.6 is 11.6 Å².